The number of carbonyl (C=O) groups is 1. The molecule has 0 radical (unpaired) electrons. The number of hydrogen-bond donors (Lipinski definition) is 1. The maximum Gasteiger partial charge on any atom is 0.357 e. The van der Waals surface area contributed by atoms with Crippen molar-refractivity contribution in [2.24, 2.45) is 5.92 Å². The fourth-order valence-corrected chi connectivity index (χ4v) is 4.46. The lowest BCUT2D eigenvalue weighted by Gasteiger charge is -2.29. The number of halogens is 5. The van der Waals surface area contributed by atoms with Gasteiger partial charge in [-0.3, -0.25) is 4.90 Å². The molecule has 1 aliphatic rings. The van der Waals surface area contributed by atoms with E-state index in [2.05, 4.69) is 26.9 Å². The molecule has 1 fully saturated rings. The first kappa shape index (κ1) is 25.4. The van der Waals surface area contributed by atoms with Gasteiger partial charge in [-0.25, -0.2) is 22.9 Å². The molecule has 33 heavy (non-hydrogen) atoms. The van der Waals surface area contributed by atoms with Gasteiger partial charge in [0.2, 0.25) is 34.8 Å². The number of likely N-dealkylation sites (tertiary alicyclic amines) is 1. The Hall–Kier alpha value is -2.27. The standard InChI is InChI=1S/C22H26F5N3O2S/c1-3-4-5-8-28-21-20(33-13(29-21)11-30-9-6-12(2)7-10-30)22(31)32-19-17(26)15(24)14(23)16(25)18(19)27/h12,28H,3-11H2,1-2H3. The number of carbonyl (C=O) groups excluding carboxylic acids is 1. The third-order valence-corrected chi connectivity index (χ3v) is 6.55. The summed E-state index contributed by atoms with van der Waals surface area (Å²) >= 11 is 0.972. The van der Waals surface area contributed by atoms with Gasteiger partial charge in [0.05, 0.1) is 6.54 Å². The second-order valence-corrected chi connectivity index (χ2v) is 9.25. The lowest BCUT2D eigenvalue weighted by molar-refractivity contribution is 0.0722. The minimum absolute atomic E-state index is 0.0872. The van der Waals surface area contributed by atoms with Crippen molar-refractivity contribution in [3.8, 4) is 5.75 Å². The van der Waals surface area contributed by atoms with Crippen molar-refractivity contribution < 1.29 is 31.5 Å². The molecule has 182 valence electrons. The van der Waals surface area contributed by atoms with Gasteiger partial charge in [-0.15, -0.1) is 11.3 Å². The molecule has 0 aliphatic carbocycles. The topological polar surface area (TPSA) is 54.5 Å². The quantitative estimate of drug-likeness (QED) is 0.118. The van der Waals surface area contributed by atoms with E-state index in [9.17, 15) is 26.7 Å². The molecule has 0 amide bonds. The lowest BCUT2D eigenvalue weighted by atomic mass is 9.99. The highest BCUT2D eigenvalue weighted by molar-refractivity contribution is 7.14. The van der Waals surface area contributed by atoms with Gasteiger partial charge in [-0.05, 0) is 38.3 Å². The Morgan fingerprint density at radius 2 is 1.67 bits per heavy atom. The SMILES string of the molecule is CCCCCNc1nc(CN2CCC(C)CC2)sc1C(=O)Oc1c(F)c(F)c(F)c(F)c1F. The van der Waals surface area contributed by atoms with Crippen LogP contribution in [0.4, 0.5) is 27.8 Å². The number of nitrogens with one attached hydrogen (secondary N) is 1. The van der Waals surface area contributed by atoms with Gasteiger partial charge >= 0.3 is 5.97 Å². The molecule has 2 heterocycles. The van der Waals surface area contributed by atoms with Crippen LogP contribution in [0.1, 0.15) is 60.6 Å². The van der Waals surface area contributed by atoms with Gasteiger partial charge in [-0.2, -0.15) is 8.78 Å². The molecule has 1 aromatic carbocycles. The van der Waals surface area contributed by atoms with Gasteiger partial charge in [0.15, 0.2) is 10.7 Å². The Morgan fingerprint density at radius 1 is 1.06 bits per heavy atom. The normalized spacial score (nSPS) is 15.1. The van der Waals surface area contributed by atoms with Crippen molar-refractivity contribution in [2.75, 3.05) is 25.0 Å². The predicted molar refractivity (Wildman–Crippen MR) is 115 cm³/mol. The molecule has 0 saturated carbocycles. The summed E-state index contributed by atoms with van der Waals surface area (Å²) in [5.74, 6) is -13.2. The van der Waals surface area contributed by atoms with Gasteiger partial charge in [0, 0.05) is 6.54 Å². The second kappa shape index (κ2) is 11.2. The van der Waals surface area contributed by atoms with Crippen LogP contribution in [0.2, 0.25) is 0 Å². The molecular formula is C22H26F5N3O2S. The molecule has 1 aliphatic heterocycles. The van der Waals surface area contributed by atoms with Gasteiger partial charge in [0.25, 0.3) is 0 Å². The summed E-state index contributed by atoms with van der Waals surface area (Å²) in [4.78, 5) is 19.3. The Balaban J connectivity index is 1.83. The van der Waals surface area contributed by atoms with Crippen LogP contribution < -0.4 is 10.1 Å². The van der Waals surface area contributed by atoms with Crippen molar-refractivity contribution in [3.63, 3.8) is 0 Å². The van der Waals surface area contributed by atoms with E-state index in [-0.39, 0.29) is 10.7 Å². The number of piperidine rings is 1. The number of thiazole rings is 1. The third-order valence-electron chi connectivity index (χ3n) is 5.53. The molecule has 11 heteroatoms. The zero-order valence-corrected chi connectivity index (χ0v) is 19.3. The molecule has 1 saturated heterocycles. The summed E-state index contributed by atoms with van der Waals surface area (Å²) in [7, 11) is 0. The molecule has 0 unspecified atom stereocenters. The summed E-state index contributed by atoms with van der Waals surface area (Å²) in [5, 5.41) is 3.61. The first-order valence-corrected chi connectivity index (χ1v) is 11.7. The van der Waals surface area contributed by atoms with Crippen molar-refractivity contribution >= 4 is 23.1 Å². The molecule has 5 nitrogen and oxygen atoms in total. The van der Waals surface area contributed by atoms with E-state index in [1.165, 1.54) is 0 Å². The molecule has 2 aromatic rings. The molecule has 1 N–H and O–H groups in total. The van der Waals surface area contributed by atoms with Crippen LogP contribution in [-0.2, 0) is 6.54 Å². The first-order valence-electron chi connectivity index (χ1n) is 10.9. The minimum atomic E-state index is -2.32. The minimum Gasteiger partial charge on any atom is -0.416 e. The monoisotopic (exact) mass is 491 g/mol. The number of ether oxygens (including phenoxy) is 1. The van der Waals surface area contributed by atoms with Crippen LogP contribution in [0, 0.1) is 35.0 Å². The number of aromatic nitrogens is 1. The Labute approximate surface area is 192 Å². The largest absolute Gasteiger partial charge is 0.416 e. The van der Waals surface area contributed by atoms with E-state index >= 15 is 0 Å². The Bertz CT molecular complexity index is 964. The van der Waals surface area contributed by atoms with Crippen LogP contribution in [0.3, 0.4) is 0 Å². The van der Waals surface area contributed by atoms with Crippen LogP contribution in [0.5, 0.6) is 5.75 Å². The maximum atomic E-state index is 14.0. The Kier molecular flexibility index (Phi) is 8.63. The summed E-state index contributed by atoms with van der Waals surface area (Å²) in [5.41, 5.74) is 0. The zero-order chi connectivity index (χ0) is 24.1. The van der Waals surface area contributed by atoms with E-state index in [0.717, 1.165) is 56.5 Å². The summed E-state index contributed by atoms with van der Waals surface area (Å²) < 4.78 is 72.9. The molecule has 0 atom stereocenters. The van der Waals surface area contributed by atoms with E-state index in [0.29, 0.717) is 24.0 Å². The molecule has 1 aromatic heterocycles. The van der Waals surface area contributed by atoms with E-state index in [4.69, 9.17) is 0 Å². The van der Waals surface area contributed by atoms with E-state index in [1.54, 1.807) is 0 Å². The number of anilines is 1. The van der Waals surface area contributed by atoms with E-state index in [1.807, 2.05) is 6.92 Å². The summed E-state index contributed by atoms with van der Waals surface area (Å²) in [6.07, 6.45) is 4.82. The molecular weight excluding hydrogens is 465 g/mol. The highest BCUT2D eigenvalue weighted by Crippen LogP contribution is 2.32. The van der Waals surface area contributed by atoms with Crippen molar-refractivity contribution in [3.05, 3.63) is 39.0 Å². The van der Waals surface area contributed by atoms with Gasteiger partial charge in [-0.1, -0.05) is 26.7 Å². The van der Waals surface area contributed by atoms with Crippen LogP contribution >= 0.6 is 11.3 Å². The van der Waals surface area contributed by atoms with Crippen LogP contribution in [0.15, 0.2) is 0 Å². The highest BCUT2D eigenvalue weighted by Gasteiger charge is 2.30. The molecule has 3 rings (SSSR count). The van der Waals surface area contributed by atoms with Crippen LogP contribution in [-0.4, -0.2) is 35.5 Å². The van der Waals surface area contributed by atoms with Crippen LogP contribution in [0.25, 0.3) is 0 Å². The molecule has 0 spiro atoms. The number of rotatable bonds is 9. The van der Waals surface area contributed by atoms with Crippen molar-refractivity contribution in [1.82, 2.24) is 9.88 Å². The number of nitrogens with zero attached hydrogens (tertiary/aromatic N) is 2. The first-order chi connectivity index (χ1) is 15.7. The lowest BCUT2D eigenvalue weighted by Crippen LogP contribution is -2.32. The fraction of sp³-hybridized carbons (Fsp3) is 0.545. The van der Waals surface area contributed by atoms with E-state index < -0.39 is 40.8 Å². The average Bonchev–Trinajstić information content (AvgIpc) is 3.21. The number of hydrogen-bond acceptors (Lipinski definition) is 6. The second-order valence-electron chi connectivity index (χ2n) is 8.17. The fourth-order valence-electron chi connectivity index (χ4n) is 3.50. The molecule has 0 bridgehead atoms. The number of esters is 1. The third kappa shape index (κ3) is 6.00. The Morgan fingerprint density at radius 3 is 2.27 bits per heavy atom. The highest BCUT2D eigenvalue weighted by atomic mass is 32.1. The van der Waals surface area contributed by atoms with Crippen molar-refractivity contribution in [1.29, 1.82) is 0 Å². The average molecular weight is 492 g/mol. The smallest absolute Gasteiger partial charge is 0.357 e. The number of benzene rings is 1. The maximum absolute atomic E-state index is 14.0. The summed E-state index contributed by atoms with van der Waals surface area (Å²) in [6.45, 7) is 6.96. The predicted octanol–water partition coefficient (Wildman–Crippen LogP) is 5.89. The zero-order valence-electron chi connectivity index (χ0n) is 18.5. The summed E-state index contributed by atoms with van der Waals surface area (Å²) in [6, 6.07) is 0. The number of unbranched alkanes of at least 4 members (excludes halogenated alkanes) is 2. The van der Waals surface area contributed by atoms with Gasteiger partial charge < -0.3 is 10.1 Å². The van der Waals surface area contributed by atoms with Crippen molar-refractivity contribution in [2.45, 2.75) is 52.5 Å². The van der Waals surface area contributed by atoms with Gasteiger partial charge in [0.1, 0.15) is 5.01 Å².